The average Bonchev–Trinajstić information content (AvgIpc) is 3.15. The molecule has 0 radical (unpaired) electrons. The molecule has 2 aliphatic carbocycles. The van der Waals surface area contributed by atoms with Crippen molar-refractivity contribution in [2.75, 3.05) is 13.1 Å². The molecule has 1 N–H and O–H groups in total. The number of imidazole rings is 1. The molecule has 5 rings (SSSR count). The molecule has 2 aromatic heterocycles. The van der Waals surface area contributed by atoms with Gasteiger partial charge in [0.2, 0.25) is 5.92 Å². The van der Waals surface area contributed by atoms with E-state index in [0.29, 0.717) is 43.3 Å². The highest BCUT2D eigenvalue weighted by Crippen LogP contribution is 2.53. The van der Waals surface area contributed by atoms with Gasteiger partial charge in [0.15, 0.2) is 5.65 Å². The number of carbonyl (C=O) groups is 1. The molecule has 3 fully saturated rings. The number of nitriles is 1. The van der Waals surface area contributed by atoms with Gasteiger partial charge in [0, 0.05) is 18.4 Å². The molecule has 182 valence electrons. The third-order valence-electron chi connectivity index (χ3n) is 7.51. The summed E-state index contributed by atoms with van der Waals surface area (Å²) in [5, 5.41) is 16.6. The highest BCUT2D eigenvalue weighted by atomic mass is 19.3. The van der Waals surface area contributed by atoms with Gasteiger partial charge in [0.1, 0.15) is 0 Å². The van der Waals surface area contributed by atoms with E-state index in [1.54, 1.807) is 16.8 Å². The minimum atomic E-state index is -3.11. The molecule has 1 unspecified atom stereocenters. The molecule has 7 nitrogen and oxygen atoms in total. The molecule has 3 heterocycles. The Morgan fingerprint density at radius 2 is 1.91 bits per heavy atom. The van der Waals surface area contributed by atoms with Gasteiger partial charge in [-0.3, -0.25) is 0 Å². The van der Waals surface area contributed by atoms with E-state index in [0.717, 1.165) is 17.0 Å². The lowest BCUT2D eigenvalue weighted by atomic mass is 9.63. The molecule has 2 amide bonds. The number of hydrogen-bond acceptors (Lipinski definition) is 4. The molecule has 0 bridgehead atoms. The largest absolute Gasteiger partial charge is 0.332 e. The van der Waals surface area contributed by atoms with Crippen molar-refractivity contribution in [2.24, 2.45) is 11.3 Å². The molecule has 1 aliphatic heterocycles. The summed E-state index contributed by atoms with van der Waals surface area (Å²) in [7, 11) is 0. The van der Waals surface area contributed by atoms with Gasteiger partial charge < -0.3 is 10.2 Å². The van der Waals surface area contributed by atoms with E-state index in [1.807, 2.05) is 0 Å². The molecule has 0 aromatic carbocycles. The van der Waals surface area contributed by atoms with Gasteiger partial charge in [-0.2, -0.15) is 10.4 Å². The number of aromatic nitrogens is 3. The Labute approximate surface area is 194 Å². The maximum atomic E-state index is 14.2. The first-order valence-electron chi connectivity index (χ1n) is 11.7. The number of hydrogen-bond donors (Lipinski definition) is 1. The van der Waals surface area contributed by atoms with Gasteiger partial charge in [0.05, 0.1) is 48.7 Å². The summed E-state index contributed by atoms with van der Waals surface area (Å²) >= 11 is 0. The predicted molar refractivity (Wildman–Crippen MR) is 113 cm³/mol. The maximum Gasteiger partial charge on any atom is 0.318 e. The molecular formula is C23H26F4N6O. The first-order valence-corrected chi connectivity index (χ1v) is 11.7. The molecule has 34 heavy (non-hydrogen) atoms. The van der Waals surface area contributed by atoms with Crippen LogP contribution in [0.25, 0.3) is 5.65 Å². The fraction of sp³-hybridized carbons (Fsp3) is 0.652. The number of halogens is 4. The number of carbonyl (C=O) groups excluding carboxylic acids is 1. The van der Waals surface area contributed by atoms with Crippen molar-refractivity contribution in [1.82, 2.24) is 24.8 Å². The van der Waals surface area contributed by atoms with Crippen LogP contribution in [-0.4, -0.2) is 50.5 Å². The lowest BCUT2D eigenvalue weighted by Gasteiger charge is -2.49. The second-order valence-corrected chi connectivity index (χ2v) is 9.99. The molecule has 2 aromatic rings. The smallest absolute Gasteiger partial charge is 0.318 e. The van der Waals surface area contributed by atoms with E-state index < -0.39 is 42.4 Å². The minimum absolute atomic E-state index is 0.117. The van der Waals surface area contributed by atoms with E-state index in [2.05, 4.69) is 21.5 Å². The monoisotopic (exact) mass is 478 g/mol. The zero-order valence-corrected chi connectivity index (χ0v) is 18.6. The fourth-order valence-corrected chi connectivity index (χ4v) is 5.48. The average molecular weight is 478 g/mol. The highest BCUT2D eigenvalue weighted by Gasteiger charge is 2.53. The zero-order chi connectivity index (χ0) is 24.1. The van der Waals surface area contributed by atoms with E-state index in [4.69, 9.17) is 0 Å². The third kappa shape index (κ3) is 4.18. The van der Waals surface area contributed by atoms with E-state index in [1.165, 1.54) is 6.20 Å². The van der Waals surface area contributed by atoms with E-state index >= 15 is 0 Å². The zero-order valence-electron chi connectivity index (χ0n) is 18.6. The van der Waals surface area contributed by atoms with Crippen LogP contribution in [0.1, 0.15) is 62.2 Å². The predicted octanol–water partition coefficient (Wildman–Crippen LogP) is 4.49. The molecule has 11 heteroatoms. The number of nitrogens with one attached hydrogen (secondary N) is 1. The highest BCUT2D eigenvalue weighted by molar-refractivity contribution is 5.76. The van der Waals surface area contributed by atoms with Gasteiger partial charge in [-0.05, 0) is 44.1 Å². The Kier molecular flexibility index (Phi) is 5.45. The van der Waals surface area contributed by atoms with Gasteiger partial charge in [-0.15, -0.1) is 0 Å². The van der Waals surface area contributed by atoms with Crippen molar-refractivity contribution >= 4 is 11.7 Å². The number of amides is 2. The van der Waals surface area contributed by atoms with Crippen LogP contribution in [0.2, 0.25) is 0 Å². The molecule has 2 saturated carbocycles. The van der Waals surface area contributed by atoms with Crippen LogP contribution in [0, 0.1) is 22.7 Å². The number of rotatable bonds is 5. The summed E-state index contributed by atoms with van der Waals surface area (Å²) in [6.07, 6.45) is 6.22. The lowest BCUT2D eigenvalue weighted by Crippen LogP contribution is -2.60. The van der Waals surface area contributed by atoms with Crippen LogP contribution < -0.4 is 5.32 Å². The Morgan fingerprint density at radius 1 is 1.18 bits per heavy atom. The normalized spacial score (nSPS) is 24.8. The van der Waals surface area contributed by atoms with Crippen molar-refractivity contribution in [2.45, 2.75) is 69.3 Å². The van der Waals surface area contributed by atoms with Crippen LogP contribution in [0.4, 0.5) is 22.4 Å². The lowest BCUT2D eigenvalue weighted by molar-refractivity contribution is -0.0627. The molecule has 3 aliphatic rings. The number of nitrogens with zero attached hydrogens (tertiary/aromatic N) is 5. The molecule has 1 atom stereocenters. The maximum absolute atomic E-state index is 14.2. The van der Waals surface area contributed by atoms with Crippen molar-refractivity contribution in [1.29, 1.82) is 5.26 Å². The van der Waals surface area contributed by atoms with Gasteiger partial charge in [-0.25, -0.2) is 31.9 Å². The van der Waals surface area contributed by atoms with Crippen LogP contribution in [0.15, 0.2) is 18.5 Å². The molecular weight excluding hydrogens is 452 g/mol. The summed E-state index contributed by atoms with van der Waals surface area (Å²) in [6, 6.07) is 2.47. The summed E-state index contributed by atoms with van der Waals surface area (Å²) in [5.74, 6) is -5.58. The Hall–Kier alpha value is -2.90. The second kappa shape index (κ2) is 8.10. The number of urea groups is 1. The van der Waals surface area contributed by atoms with Crippen LogP contribution in [0.5, 0.6) is 0 Å². The Morgan fingerprint density at radius 3 is 2.56 bits per heavy atom. The van der Waals surface area contributed by atoms with Crippen molar-refractivity contribution in [3.63, 3.8) is 0 Å². The van der Waals surface area contributed by atoms with Crippen molar-refractivity contribution < 1.29 is 22.4 Å². The first kappa shape index (κ1) is 22.9. The SMILES string of the molecule is N#CC1(C(c2cnn3cc(CC4CCC(F)(F)CC4)nc3c2)N2CC(F)(F)CNC2=O)CCC1. The van der Waals surface area contributed by atoms with Crippen molar-refractivity contribution in [3.8, 4) is 6.07 Å². The standard InChI is InChI=1S/C23H26F4N6O/c24-22(25)6-2-15(3-7-22)8-17-11-33-18(31-17)9-16(10-30-33)19(21(12-28)4-1-5-21)32-14-23(26,27)13-29-20(32)34/h9-11,15,19H,1-8,13-14H2,(H,29,34). The molecule has 1 saturated heterocycles. The van der Waals surface area contributed by atoms with E-state index in [9.17, 15) is 27.6 Å². The summed E-state index contributed by atoms with van der Waals surface area (Å²) in [4.78, 5) is 18.3. The topological polar surface area (TPSA) is 86.3 Å². The molecule has 0 spiro atoms. The van der Waals surface area contributed by atoms with Gasteiger partial charge in [0.25, 0.3) is 5.92 Å². The summed E-state index contributed by atoms with van der Waals surface area (Å²) < 4.78 is 56.9. The van der Waals surface area contributed by atoms with Crippen LogP contribution >= 0.6 is 0 Å². The second-order valence-electron chi connectivity index (χ2n) is 9.99. The third-order valence-corrected chi connectivity index (χ3v) is 7.51. The first-order chi connectivity index (χ1) is 16.1. The Balaban J connectivity index is 1.44. The van der Waals surface area contributed by atoms with Gasteiger partial charge in [-0.1, -0.05) is 6.42 Å². The Bertz CT molecular complexity index is 1130. The number of alkyl halides is 4. The fourth-order valence-electron chi connectivity index (χ4n) is 5.48. The quantitative estimate of drug-likeness (QED) is 0.642. The van der Waals surface area contributed by atoms with Gasteiger partial charge >= 0.3 is 6.03 Å². The van der Waals surface area contributed by atoms with Crippen LogP contribution in [0.3, 0.4) is 0 Å². The van der Waals surface area contributed by atoms with Crippen LogP contribution in [-0.2, 0) is 6.42 Å². The number of fused-ring (bicyclic) bond motifs is 1. The summed E-state index contributed by atoms with van der Waals surface area (Å²) in [5.41, 5.74) is 0.705. The van der Waals surface area contributed by atoms with E-state index in [-0.39, 0.29) is 18.8 Å². The summed E-state index contributed by atoms with van der Waals surface area (Å²) in [6.45, 7) is -1.51. The van der Waals surface area contributed by atoms with Crippen molar-refractivity contribution in [3.05, 3.63) is 29.7 Å². The minimum Gasteiger partial charge on any atom is -0.332 e.